The first-order valence-corrected chi connectivity index (χ1v) is 8.52. The number of nitrogens with zero attached hydrogens (tertiary/aromatic N) is 1. The third kappa shape index (κ3) is 5.12. The molecule has 28 heavy (non-hydrogen) atoms. The molecule has 1 aromatic carbocycles. The van der Waals surface area contributed by atoms with E-state index < -0.39 is 12.8 Å². The second-order valence-electron chi connectivity index (χ2n) is 6.19. The average Bonchev–Trinajstić information content (AvgIpc) is 3.08. The van der Waals surface area contributed by atoms with Gasteiger partial charge in [-0.3, -0.25) is 4.79 Å². The lowest BCUT2D eigenvalue weighted by Crippen LogP contribution is -2.24. The number of aromatic nitrogens is 2. The van der Waals surface area contributed by atoms with Crippen LogP contribution >= 0.6 is 0 Å². The van der Waals surface area contributed by atoms with Crippen molar-refractivity contribution >= 4 is 22.9 Å². The van der Waals surface area contributed by atoms with Gasteiger partial charge in [-0.05, 0) is 30.2 Å². The number of carbonyl (C=O) groups excluding carboxylic acids is 1. The van der Waals surface area contributed by atoms with Crippen LogP contribution in [0.25, 0.3) is 17.0 Å². The minimum absolute atomic E-state index is 0.126. The number of para-hydroxylation sites is 1. The molecule has 5 nitrogen and oxygen atoms in total. The molecule has 1 atom stereocenters. The first kappa shape index (κ1) is 19.5. The highest BCUT2D eigenvalue weighted by atomic mass is 19.4. The number of halogens is 3. The van der Waals surface area contributed by atoms with E-state index in [1.165, 1.54) is 18.3 Å². The second-order valence-corrected chi connectivity index (χ2v) is 6.19. The lowest BCUT2D eigenvalue weighted by atomic mass is 10.1. The molecule has 0 aliphatic rings. The lowest BCUT2D eigenvalue weighted by Gasteiger charge is -2.13. The highest BCUT2D eigenvalue weighted by molar-refractivity contribution is 5.96. The summed E-state index contributed by atoms with van der Waals surface area (Å²) >= 11 is 0. The molecule has 2 N–H and O–H groups in total. The van der Waals surface area contributed by atoms with E-state index in [0.717, 1.165) is 16.5 Å². The van der Waals surface area contributed by atoms with Gasteiger partial charge in [-0.25, -0.2) is 4.98 Å². The van der Waals surface area contributed by atoms with Gasteiger partial charge in [0.25, 0.3) is 0 Å². The minimum atomic E-state index is -4.42. The number of nitrogens with one attached hydrogen (secondary N) is 2. The lowest BCUT2D eigenvalue weighted by molar-refractivity contribution is -0.154. The first-order chi connectivity index (χ1) is 13.3. The van der Waals surface area contributed by atoms with E-state index in [-0.39, 0.29) is 17.8 Å². The number of ether oxygens (including phenoxy) is 1. The second kappa shape index (κ2) is 8.16. The summed E-state index contributed by atoms with van der Waals surface area (Å²) in [4.78, 5) is 19.1. The predicted octanol–water partition coefficient (Wildman–Crippen LogP) is 4.39. The maximum atomic E-state index is 12.2. The number of amides is 1. The summed E-state index contributed by atoms with van der Waals surface area (Å²) in [6.45, 7) is 0.356. The van der Waals surface area contributed by atoms with E-state index in [1.807, 2.05) is 30.5 Å². The number of hydrogen-bond acceptors (Lipinski definition) is 3. The van der Waals surface area contributed by atoms with Crippen LogP contribution in [0.15, 0.2) is 54.9 Å². The van der Waals surface area contributed by atoms with Crippen molar-refractivity contribution in [3.8, 4) is 5.88 Å². The van der Waals surface area contributed by atoms with E-state index >= 15 is 0 Å². The van der Waals surface area contributed by atoms with Crippen LogP contribution in [0.4, 0.5) is 13.2 Å². The summed E-state index contributed by atoms with van der Waals surface area (Å²) in [6.07, 6.45) is 1.92. The fraction of sp³-hybridized carbons (Fsp3) is 0.200. The average molecular weight is 389 g/mol. The van der Waals surface area contributed by atoms with E-state index in [2.05, 4.69) is 20.0 Å². The summed E-state index contributed by atoms with van der Waals surface area (Å²) < 4.78 is 41.0. The van der Waals surface area contributed by atoms with Crippen molar-refractivity contribution in [2.24, 2.45) is 0 Å². The Hall–Kier alpha value is -3.29. The normalized spacial score (nSPS) is 13.0. The Morgan fingerprint density at radius 3 is 2.79 bits per heavy atom. The Bertz CT molecular complexity index is 978. The number of alkyl halides is 3. The third-order valence-electron chi connectivity index (χ3n) is 4.04. The standard InChI is InChI=1S/C20H18F3N3O2/c1-13(14-7-9-19(25-10-14)28-12-20(21,22)23)26-18(27)8-6-15-11-24-17-5-3-2-4-16(15)17/h2-11,13,24H,12H2,1H3,(H,26,27)/b8-6+/t13-/m1/s1. The van der Waals surface area contributed by atoms with Crippen molar-refractivity contribution < 1.29 is 22.7 Å². The molecule has 0 unspecified atom stereocenters. The molecule has 0 spiro atoms. The molecule has 2 aromatic heterocycles. The molecule has 0 aliphatic heterocycles. The van der Waals surface area contributed by atoms with Crippen LogP contribution in [0, 0.1) is 0 Å². The van der Waals surface area contributed by atoms with E-state index in [9.17, 15) is 18.0 Å². The molecule has 3 rings (SSSR count). The Morgan fingerprint density at radius 1 is 1.29 bits per heavy atom. The topological polar surface area (TPSA) is 67.0 Å². The Balaban J connectivity index is 1.58. The monoisotopic (exact) mass is 389 g/mol. The van der Waals surface area contributed by atoms with Crippen molar-refractivity contribution in [3.05, 3.63) is 66.0 Å². The van der Waals surface area contributed by atoms with Gasteiger partial charge < -0.3 is 15.0 Å². The molecule has 0 fully saturated rings. The highest BCUT2D eigenvalue weighted by Crippen LogP contribution is 2.20. The van der Waals surface area contributed by atoms with Crippen LogP contribution in [-0.4, -0.2) is 28.7 Å². The summed E-state index contributed by atoms with van der Waals surface area (Å²) in [6, 6.07) is 10.3. The molecule has 2 heterocycles. The Morgan fingerprint density at radius 2 is 2.07 bits per heavy atom. The number of H-pyrrole nitrogens is 1. The summed E-state index contributed by atoms with van der Waals surface area (Å²) in [7, 11) is 0. The molecule has 0 radical (unpaired) electrons. The molecule has 3 aromatic rings. The van der Waals surface area contributed by atoms with Gasteiger partial charge in [0.2, 0.25) is 11.8 Å². The fourth-order valence-electron chi connectivity index (χ4n) is 2.63. The number of aromatic amines is 1. The van der Waals surface area contributed by atoms with Crippen LogP contribution in [0.2, 0.25) is 0 Å². The molecule has 146 valence electrons. The zero-order valence-corrected chi connectivity index (χ0v) is 15.0. The Labute approximate surface area is 159 Å². The van der Waals surface area contributed by atoms with Gasteiger partial charge in [0.1, 0.15) is 0 Å². The number of pyridine rings is 1. The van der Waals surface area contributed by atoms with Crippen LogP contribution in [0.5, 0.6) is 5.88 Å². The zero-order chi connectivity index (χ0) is 20.1. The number of hydrogen-bond donors (Lipinski definition) is 2. The zero-order valence-electron chi connectivity index (χ0n) is 15.0. The van der Waals surface area contributed by atoms with Crippen molar-refractivity contribution in [3.63, 3.8) is 0 Å². The Kier molecular flexibility index (Phi) is 5.67. The first-order valence-electron chi connectivity index (χ1n) is 8.52. The molecule has 8 heteroatoms. The molecule has 0 saturated heterocycles. The fourth-order valence-corrected chi connectivity index (χ4v) is 2.63. The van der Waals surface area contributed by atoms with Crippen LogP contribution < -0.4 is 10.1 Å². The van der Waals surface area contributed by atoms with Gasteiger partial charge in [0.05, 0.1) is 6.04 Å². The van der Waals surface area contributed by atoms with Crippen LogP contribution in [0.3, 0.4) is 0 Å². The summed E-state index contributed by atoms with van der Waals surface area (Å²) in [5.41, 5.74) is 2.52. The molecule has 1 amide bonds. The molecular formula is C20H18F3N3O2. The smallest absolute Gasteiger partial charge is 0.422 e. The van der Waals surface area contributed by atoms with Crippen LogP contribution in [0.1, 0.15) is 24.1 Å². The number of rotatable bonds is 6. The molecular weight excluding hydrogens is 371 g/mol. The van der Waals surface area contributed by atoms with Crippen LogP contribution in [-0.2, 0) is 4.79 Å². The van der Waals surface area contributed by atoms with Gasteiger partial charge in [-0.2, -0.15) is 13.2 Å². The molecule has 0 aliphatic carbocycles. The van der Waals surface area contributed by atoms with Gasteiger partial charge in [0.15, 0.2) is 6.61 Å². The largest absolute Gasteiger partial charge is 0.468 e. The van der Waals surface area contributed by atoms with E-state index in [1.54, 1.807) is 19.1 Å². The maximum Gasteiger partial charge on any atom is 0.422 e. The van der Waals surface area contributed by atoms with Crippen molar-refractivity contribution in [2.45, 2.75) is 19.1 Å². The number of carbonyl (C=O) groups is 1. The van der Waals surface area contributed by atoms with E-state index in [0.29, 0.717) is 5.56 Å². The third-order valence-corrected chi connectivity index (χ3v) is 4.04. The van der Waals surface area contributed by atoms with Crippen molar-refractivity contribution in [1.29, 1.82) is 0 Å². The quantitative estimate of drug-likeness (QED) is 0.615. The highest BCUT2D eigenvalue weighted by Gasteiger charge is 2.28. The minimum Gasteiger partial charge on any atom is -0.468 e. The van der Waals surface area contributed by atoms with Crippen molar-refractivity contribution in [1.82, 2.24) is 15.3 Å². The SMILES string of the molecule is C[C@@H](NC(=O)/C=C/c1c[nH]c2ccccc12)c1ccc(OCC(F)(F)F)nc1. The van der Waals surface area contributed by atoms with Crippen molar-refractivity contribution in [2.75, 3.05) is 6.61 Å². The van der Waals surface area contributed by atoms with Gasteiger partial charge >= 0.3 is 6.18 Å². The van der Waals surface area contributed by atoms with Gasteiger partial charge in [-0.1, -0.05) is 24.3 Å². The molecule has 0 saturated carbocycles. The summed E-state index contributed by atoms with van der Waals surface area (Å²) in [5.74, 6) is -0.422. The maximum absolute atomic E-state index is 12.2. The predicted molar refractivity (Wildman–Crippen MR) is 99.7 cm³/mol. The van der Waals surface area contributed by atoms with E-state index in [4.69, 9.17) is 0 Å². The van der Waals surface area contributed by atoms with Gasteiger partial charge in [-0.15, -0.1) is 0 Å². The van der Waals surface area contributed by atoms with Gasteiger partial charge in [0, 0.05) is 35.4 Å². The summed E-state index contributed by atoms with van der Waals surface area (Å²) in [5, 5.41) is 3.80. The number of fused-ring (bicyclic) bond motifs is 1. The number of benzene rings is 1. The molecule has 0 bridgehead atoms.